The second-order valence-electron chi connectivity index (χ2n) is 6.49. The van der Waals surface area contributed by atoms with Crippen molar-refractivity contribution in [1.82, 2.24) is 10.2 Å². The Morgan fingerprint density at radius 2 is 1.79 bits per heavy atom. The summed E-state index contributed by atoms with van der Waals surface area (Å²) < 4.78 is 10.9. The molecule has 2 aromatic carbocycles. The normalized spacial score (nSPS) is 11.4. The molecule has 2 amide bonds. The minimum absolute atomic E-state index is 0.134. The molecular formula is C22H28N2O4. The lowest BCUT2D eigenvalue weighted by Gasteiger charge is -2.28. The van der Waals surface area contributed by atoms with Crippen LogP contribution >= 0.6 is 0 Å². The number of carbonyl (C=O) groups excluding carboxylic acids is 2. The number of hydrogen-bond donors (Lipinski definition) is 1. The molecule has 0 aromatic heterocycles. The van der Waals surface area contributed by atoms with E-state index in [1.54, 1.807) is 14.0 Å². The van der Waals surface area contributed by atoms with Crippen LogP contribution in [0.4, 0.5) is 0 Å². The van der Waals surface area contributed by atoms with E-state index in [0.717, 1.165) is 16.9 Å². The van der Waals surface area contributed by atoms with E-state index in [0.29, 0.717) is 18.8 Å². The van der Waals surface area contributed by atoms with E-state index in [4.69, 9.17) is 9.47 Å². The van der Waals surface area contributed by atoms with E-state index in [2.05, 4.69) is 5.32 Å². The van der Waals surface area contributed by atoms with Crippen LogP contribution in [0.5, 0.6) is 11.5 Å². The van der Waals surface area contributed by atoms with Gasteiger partial charge in [0, 0.05) is 13.1 Å². The summed E-state index contributed by atoms with van der Waals surface area (Å²) in [6.07, 6.45) is 0. The third-order valence-corrected chi connectivity index (χ3v) is 4.48. The summed E-state index contributed by atoms with van der Waals surface area (Å²) in [7, 11) is 1.60. The SMILES string of the molecule is CCNC(=O)C(C)N(Cc1ccc(OC)cc1)C(=O)COc1ccccc1C. The van der Waals surface area contributed by atoms with Crippen LogP contribution in [0.2, 0.25) is 0 Å². The van der Waals surface area contributed by atoms with Gasteiger partial charge in [-0.15, -0.1) is 0 Å². The zero-order valence-corrected chi connectivity index (χ0v) is 16.9. The van der Waals surface area contributed by atoms with E-state index < -0.39 is 6.04 Å². The van der Waals surface area contributed by atoms with Gasteiger partial charge in [0.1, 0.15) is 17.5 Å². The highest BCUT2D eigenvalue weighted by Gasteiger charge is 2.26. The third kappa shape index (κ3) is 5.74. The molecule has 1 N–H and O–H groups in total. The molecule has 6 heteroatoms. The standard InChI is InChI=1S/C22H28N2O4/c1-5-23-22(26)17(3)24(14-18-10-12-19(27-4)13-11-18)21(25)15-28-20-9-7-6-8-16(20)2/h6-13,17H,5,14-15H2,1-4H3,(H,23,26). The number of likely N-dealkylation sites (N-methyl/N-ethyl adjacent to an activating group) is 1. The highest BCUT2D eigenvalue weighted by molar-refractivity contribution is 5.87. The van der Waals surface area contributed by atoms with Crippen LogP contribution in [0.25, 0.3) is 0 Å². The summed E-state index contributed by atoms with van der Waals surface area (Å²) in [5.41, 5.74) is 1.86. The van der Waals surface area contributed by atoms with Crippen molar-refractivity contribution in [3.05, 3.63) is 59.7 Å². The van der Waals surface area contributed by atoms with Crippen molar-refractivity contribution in [1.29, 1.82) is 0 Å². The molecule has 0 aliphatic heterocycles. The molecule has 2 rings (SSSR count). The fraction of sp³-hybridized carbons (Fsp3) is 0.364. The first-order valence-electron chi connectivity index (χ1n) is 9.34. The predicted molar refractivity (Wildman–Crippen MR) is 108 cm³/mol. The number of aryl methyl sites for hydroxylation is 1. The van der Waals surface area contributed by atoms with Crippen molar-refractivity contribution in [2.24, 2.45) is 0 Å². The number of hydrogen-bond acceptors (Lipinski definition) is 4. The van der Waals surface area contributed by atoms with Crippen molar-refractivity contribution < 1.29 is 19.1 Å². The zero-order valence-electron chi connectivity index (χ0n) is 16.9. The molecule has 150 valence electrons. The van der Waals surface area contributed by atoms with E-state index >= 15 is 0 Å². The number of carbonyl (C=O) groups is 2. The Morgan fingerprint density at radius 3 is 2.39 bits per heavy atom. The van der Waals surface area contributed by atoms with Crippen molar-refractivity contribution in [2.75, 3.05) is 20.3 Å². The molecule has 0 spiro atoms. The summed E-state index contributed by atoms with van der Waals surface area (Å²) in [6, 6.07) is 14.3. The maximum absolute atomic E-state index is 12.9. The van der Waals surface area contributed by atoms with E-state index in [1.807, 2.05) is 62.4 Å². The molecule has 0 saturated carbocycles. The Morgan fingerprint density at radius 1 is 1.11 bits per heavy atom. The van der Waals surface area contributed by atoms with Crippen molar-refractivity contribution >= 4 is 11.8 Å². The van der Waals surface area contributed by atoms with Gasteiger partial charge in [0.05, 0.1) is 7.11 Å². The number of amides is 2. The second-order valence-corrected chi connectivity index (χ2v) is 6.49. The number of rotatable bonds is 9. The first-order chi connectivity index (χ1) is 13.5. The van der Waals surface area contributed by atoms with Gasteiger partial charge in [-0.05, 0) is 50.1 Å². The molecule has 0 heterocycles. The average Bonchev–Trinajstić information content (AvgIpc) is 2.71. The van der Waals surface area contributed by atoms with Crippen molar-refractivity contribution in [3.8, 4) is 11.5 Å². The van der Waals surface area contributed by atoms with Gasteiger partial charge in [0.25, 0.3) is 5.91 Å². The lowest BCUT2D eigenvalue weighted by atomic mass is 10.1. The number of ether oxygens (including phenoxy) is 2. The topological polar surface area (TPSA) is 67.9 Å². The van der Waals surface area contributed by atoms with Crippen LogP contribution in [0, 0.1) is 6.92 Å². The van der Waals surface area contributed by atoms with Gasteiger partial charge in [-0.1, -0.05) is 30.3 Å². The zero-order chi connectivity index (χ0) is 20.5. The van der Waals surface area contributed by atoms with Gasteiger partial charge < -0.3 is 19.7 Å². The number of para-hydroxylation sites is 1. The maximum atomic E-state index is 12.9. The molecule has 0 saturated heterocycles. The Labute approximate surface area is 166 Å². The van der Waals surface area contributed by atoms with Crippen molar-refractivity contribution in [2.45, 2.75) is 33.4 Å². The first kappa shape index (κ1) is 21.3. The van der Waals surface area contributed by atoms with Crippen LogP contribution in [-0.2, 0) is 16.1 Å². The molecule has 1 unspecified atom stereocenters. The monoisotopic (exact) mass is 384 g/mol. The Hall–Kier alpha value is -3.02. The molecule has 0 fully saturated rings. The van der Waals surface area contributed by atoms with E-state index in [-0.39, 0.29) is 18.4 Å². The molecular weight excluding hydrogens is 356 g/mol. The summed E-state index contributed by atoms with van der Waals surface area (Å²) in [5, 5.41) is 2.77. The van der Waals surface area contributed by atoms with Gasteiger partial charge in [0.2, 0.25) is 5.91 Å². The van der Waals surface area contributed by atoms with Crippen LogP contribution in [0.15, 0.2) is 48.5 Å². The molecule has 0 aliphatic rings. The van der Waals surface area contributed by atoms with Crippen LogP contribution in [-0.4, -0.2) is 43.0 Å². The number of benzene rings is 2. The Bertz CT molecular complexity index is 789. The molecule has 28 heavy (non-hydrogen) atoms. The van der Waals surface area contributed by atoms with E-state index in [9.17, 15) is 9.59 Å². The molecule has 0 aliphatic carbocycles. The average molecular weight is 384 g/mol. The van der Waals surface area contributed by atoms with Crippen LogP contribution in [0.3, 0.4) is 0 Å². The quantitative estimate of drug-likeness (QED) is 0.722. The Balaban J connectivity index is 2.14. The third-order valence-electron chi connectivity index (χ3n) is 4.48. The molecule has 1 atom stereocenters. The Kier molecular flexibility index (Phi) is 7.87. The number of nitrogens with zero attached hydrogens (tertiary/aromatic N) is 1. The van der Waals surface area contributed by atoms with Gasteiger partial charge in [-0.2, -0.15) is 0 Å². The minimum atomic E-state index is -0.616. The molecule has 2 aromatic rings. The lowest BCUT2D eigenvalue weighted by Crippen LogP contribution is -2.49. The summed E-state index contributed by atoms with van der Waals surface area (Å²) in [5.74, 6) is 0.949. The maximum Gasteiger partial charge on any atom is 0.261 e. The first-order valence-corrected chi connectivity index (χ1v) is 9.34. The highest BCUT2D eigenvalue weighted by Crippen LogP contribution is 2.18. The summed E-state index contributed by atoms with van der Waals surface area (Å²) in [6.45, 7) is 6.17. The van der Waals surface area contributed by atoms with Gasteiger partial charge in [-0.25, -0.2) is 0 Å². The predicted octanol–water partition coefficient (Wildman–Crippen LogP) is 2.94. The summed E-state index contributed by atoms with van der Waals surface area (Å²) >= 11 is 0. The highest BCUT2D eigenvalue weighted by atomic mass is 16.5. The molecule has 0 radical (unpaired) electrons. The fourth-order valence-electron chi connectivity index (χ4n) is 2.77. The van der Waals surface area contributed by atoms with Gasteiger partial charge in [-0.3, -0.25) is 9.59 Å². The lowest BCUT2D eigenvalue weighted by molar-refractivity contribution is -0.142. The molecule has 0 bridgehead atoms. The smallest absolute Gasteiger partial charge is 0.261 e. The fourth-order valence-corrected chi connectivity index (χ4v) is 2.77. The number of nitrogens with one attached hydrogen (secondary N) is 1. The van der Waals surface area contributed by atoms with Crippen LogP contribution < -0.4 is 14.8 Å². The second kappa shape index (κ2) is 10.3. The molecule has 6 nitrogen and oxygen atoms in total. The van der Waals surface area contributed by atoms with E-state index in [1.165, 1.54) is 4.90 Å². The van der Waals surface area contributed by atoms with Gasteiger partial charge in [0.15, 0.2) is 6.61 Å². The summed E-state index contributed by atoms with van der Waals surface area (Å²) in [4.78, 5) is 26.8. The van der Waals surface area contributed by atoms with Crippen molar-refractivity contribution in [3.63, 3.8) is 0 Å². The number of methoxy groups -OCH3 is 1. The van der Waals surface area contributed by atoms with Gasteiger partial charge >= 0.3 is 0 Å². The minimum Gasteiger partial charge on any atom is -0.497 e. The largest absolute Gasteiger partial charge is 0.497 e. The van der Waals surface area contributed by atoms with Crippen LogP contribution in [0.1, 0.15) is 25.0 Å².